The predicted molar refractivity (Wildman–Crippen MR) is 72.0 cm³/mol. The minimum absolute atomic E-state index is 0.650. The summed E-state index contributed by atoms with van der Waals surface area (Å²) in [5.41, 5.74) is 1.61. The van der Waals surface area contributed by atoms with Gasteiger partial charge in [0.1, 0.15) is 11.1 Å². The molecule has 0 atom stereocenters. The van der Waals surface area contributed by atoms with Gasteiger partial charge >= 0.3 is 0 Å². The number of benzene rings is 1. The first kappa shape index (κ1) is 12.2. The van der Waals surface area contributed by atoms with Crippen LogP contribution in [0, 0.1) is 18.3 Å². The van der Waals surface area contributed by atoms with E-state index in [0.717, 1.165) is 20.0 Å². The smallest absolute Gasteiger partial charge is 0.119 e. The van der Waals surface area contributed by atoms with Crippen molar-refractivity contribution in [1.82, 2.24) is 4.98 Å². The molecule has 0 N–H and O–H groups in total. The van der Waals surface area contributed by atoms with Gasteiger partial charge in [0.2, 0.25) is 0 Å². The van der Waals surface area contributed by atoms with Crippen molar-refractivity contribution in [3.63, 3.8) is 0 Å². The zero-order valence-corrected chi connectivity index (χ0v) is 11.5. The largest absolute Gasteiger partial charge is 0.248 e. The number of pyridine rings is 1. The van der Waals surface area contributed by atoms with Gasteiger partial charge in [0.25, 0.3) is 0 Å². The van der Waals surface area contributed by atoms with Crippen LogP contribution in [0.15, 0.2) is 50.9 Å². The van der Waals surface area contributed by atoms with Crippen LogP contribution in [0.1, 0.15) is 11.1 Å². The molecular formula is C13H9BrN2S. The molecule has 84 valence electrons. The number of hydrogen-bond donors (Lipinski definition) is 0. The first-order valence-corrected chi connectivity index (χ1v) is 6.61. The average molecular weight is 305 g/mol. The fourth-order valence-electron chi connectivity index (χ4n) is 1.39. The van der Waals surface area contributed by atoms with E-state index in [1.165, 1.54) is 11.8 Å². The zero-order valence-electron chi connectivity index (χ0n) is 9.14. The van der Waals surface area contributed by atoms with Crippen molar-refractivity contribution in [2.75, 3.05) is 0 Å². The summed E-state index contributed by atoms with van der Waals surface area (Å²) in [6, 6.07) is 12.0. The SMILES string of the molecule is Cc1ccnc(Sc2cccc(Br)c2)c1C#N. The highest BCUT2D eigenvalue weighted by atomic mass is 79.9. The Labute approximate surface area is 113 Å². The Hall–Kier alpha value is -1.31. The predicted octanol–water partition coefficient (Wildman–Crippen LogP) is 4.18. The van der Waals surface area contributed by atoms with E-state index in [0.29, 0.717) is 5.56 Å². The Kier molecular flexibility index (Phi) is 3.82. The number of rotatable bonds is 2. The van der Waals surface area contributed by atoms with Crippen LogP contribution in [0.2, 0.25) is 0 Å². The monoisotopic (exact) mass is 304 g/mol. The lowest BCUT2D eigenvalue weighted by Crippen LogP contribution is -1.89. The third kappa shape index (κ3) is 2.87. The van der Waals surface area contributed by atoms with Gasteiger partial charge in [0.05, 0.1) is 5.56 Å². The lowest BCUT2D eigenvalue weighted by atomic mass is 10.2. The van der Waals surface area contributed by atoms with Gasteiger partial charge in [-0.25, -0.2) is 4.98 Å². The van der Waals surface area contributed by atoms with Gasteiger partial charge in [-0.1, -0.05) is 33.8 Å². The number of aryl methyl sites for hydroxylation is 1. The number of aromatic nitrogens is 1. The van der Waals surface area contributed by atoms with Crippen LogP contribution in [-0.4, -0.2) is 4.98 Å². The van der Waals surface area contributed by atoms with Crippen molar-refractivity contribution in [2.24, 2.45) is 0 Å². The van der Waals surface area contributed by atoms with Gasteiger partial charge in [-0.05, 0) is 36.8 Å². The molecule has 0 radical (unpaired) electrons. The Bertz CT molecular complexity index is 590. The second-order valence-electron chi connectivity index (χ2n) is 3.48. The molecule has 0 fully saturated rings. The van der Waals surface area contributed by atoms with Crippen LogP contribution >= 0.6 is 27.7 Å². The van der Waals surface area contributed by atoms with Crippen LogP contribution in [-0.2, 0) is 0 Å². The summed E-state index contributed by atoms with van der Waals surface area (Å²) in [6.07, 6.45) is 1.73. The van der Waals surface area contributed by atoms with Gasteiger partial charge in [-0.2, -0.15) is 5.26 Å². The minimum Gasteiger partial charge on any atom is -0.248 e. The van der Waals surface area contributed by atoms with Crippen LogP contribution in [0.5, 0.6) is 0 Å². The molecule has 2 aromatic rings. The molecule has 4 heteroatoms. The highest BCUT2D eigenvalue weighted by molar-refractivity contribution is 9.10. The van der Waals surface area contributed by atoms with E-state index in [9.17, 15) is 0 Å². The molecule has 17 heavy (non-hydrogen) atoms. The van der Waals surface area contributed by atoms with Gasteiger partial charge in [-0.15, -0.1) is 0 Å². The molecule has 0 spiro atoms. The van der Waals surface area contributed by atoms with E-state index in [4.69, 9.17) is 5.26 Å². The van der Waals surface area contributed by atoms with Crippen molar-refractivity contribution in [2.45, 2.75) is 16.8 Å². The molecule has 1 aromatic carbocycles. The van der Waals surface area contributed by atoms with E-state index in [1.807, 2.05) is 37.3 Å². The highest BCUT2D eigenvalue weighted by Crippen LogP contribution is 2.30. The average Bonchev–Trinajstić information content (AvgIpc) is 2.29. The summed E-state index contributed by atoms with van der Waals surface area (Å²) >= 11 is 4.93. The first-order valence-electron chi connectivity index (χ1n) is 5.00. The molecule has 1 aromatic heterocycles. The van der Waals surface area contributed by atoms with Crippen molar-refractivity contribution in [1.29, 1.82) is 5.26 Å². The molecule has 2 nitrogen and oxygen atoms in total. The third-order valence-corrected chi connectivity index (χ3v) is 3.73. The van der Waals surface area contributed by atoms with E-state index in [1.54, 1.807) is 6.20 Å². The zero-order chi connectivity index (χ0) is 12.3. The van der Waals surface area contributed by atoms with Crippen molar-refractivity contribution in [3.05, 3.63) is 52.1 Å². The number of hydrogen-bond acceptors (Lipinski definition) is 3. The highest BCUT2D eigenvalue weighted by Gasteiger charge is 2.08. The summed E-state index contributed by atoms with van der Waals surface area (Å²) in [4.78, 5) is 5.32. The Balaban J connectivity index is 2.37. The Morgan fingerprint density at radius 3 is 2.88 bits per heavy atom. The molecule has 0 saturated heterocycles. The topological polar surface area (TPSA) is 36.7 Å². The summed E-state index contributed by atoms with van der Waals surface area (Å²) < 4.78 is 1.02. The summed E-state index contributed by atoms with van der Waals surface area (Å²) in [5.74, 6) is 0. The Morgan fingerprint density at radius 1 is 1.35 bits per heavy atom. The molecular weight excluding hydrogens is 296 g/mol. The minimum atomic E-state index is 0.650. The van der Waals surface area contributed by atoms with Crippen LogP contribution in [0.4, 0.5) is 0 Å². The fraction of sp³-hybridized carbons (Fsp3) is 0.0769. The second-order valence-corrected chi connectivity index (χ2v) is 5.46. The summed E-state index contributed by atoms with van der Waals surface area (Å²) in [7, 11) is 0. The van der Waals surface area contributed by atoms with Crippen molar-refractivity contribution >= 4 is 27.7 Å². The maximum absolute atomic E-state index is 9.12. The molecule has 0 amide bonds. The van der Waals surface area contributed by atoms with E-state index < -0.39 is 0 Å². The fourth-order valence-corrected chi connectivity index (χ4v) is 2.92. The Morgan fingerprint density at radius 2 is 2.18 bits per heavy atom. The van der Waals surface area contributed by atoms with Gasteiger partial charge < -0.3 is 0 Å². The molecule has 0 unspecified atom stereocenters. The molecule has 0 bridgehead atoms. The first-order chi connectivity index (χ1) is 8.20. The maximum atomic E-state index is 9.12. The molecule has 0 aliphatic carbocycles. The maximum Gasteiger partial charge on any atom is 0.119 e. The van der Waals surface area contributed by atoms with E-state index in [2.05, 4.69) is 27.0 Å². The van der Waals surface area contributed by atoms with Gasteiger partial charge in [0.15, 0.2) is 0 Å². The van der Waals surface area contributed by atoms with E-state index >= 15 is 0 Å². The normalized spacial score (nSPS) is 9.94. The number of halogens is 1. The molecule has 0 aliphatic heterocycles. The number of nitriles is 1. The quantitative estimate of drug-likeness (QED) is 0.835. The standard InChI is InChI=1S/C13H9BrN2S/c1-9-5-6-16-13(12(9)8-15)17-11-4-2-3-10(14)7-11/h2-7H,1H3. The number of nitrogens with zero attached hydrogens (tertiary/aromatic N) is 2. The van der Waals surface area contributed by atoms with Crippen LogP contribution in [0.3, 0.4) is 0 Å². The lowest BCUT2D eigenvalue weighted by Gasteiger charge is -2.05. The molecule has 0 aliphatic rings. The van der Waals surface area contributed by atoms with Crippen LogP contribution < -0.4 is 0 Å². The molecule has 1 heterocycles. The summed E-state index contributed by atoms with van der Waals surface area (Å²) in [5, 5.41) is 9.87. The second kappa shape index (κ2) is 5.35. The van der Waals surface area contributed by atoms with Crippen LogP contribution in [0.25, 0.3) is 0 Å². The third-order valence-electron chi connectivity index (χ3n) is 2.25. The lowest BCUT2D eigenvalue weighted by molar-refractivity contribution is 1.08. The van der Waals surface area contributed by atoms with E-state index in [-0.39, 0.29) is 0 Å². The molecule has 0 saturated carbocycles. The summed E-state index contributed by atoms with van der Waals surface area (Å²) in [6.45, 7) is 1.92. The van der Waals surface area contributed by atoms with Crippen molar-refractivity contribution < 1.29 is 0 Å². The molecule has 2 rings (SSSR count). The van der Waals surface area contributed by atoms with Gasteiger partial charge in [-0.3, -0.25) is 0 Å². The van der Waals surface area contributed by atoms with Gasteiger partial charge in [0, 0.05) is 15.6 Å². The van der Waals surface area contributed by atoms with Crippen molar-refractivity contribution in [3.8, 4) is 6.07 Å².